The number of amides is 3. The maximum absolute atomic E-state index is 12.8. The number of hydrogen-bond donors (Lipinski definition) is 5. The van der Waals surface area contributed by atoms with Crippen LogP contribution in [0.5, 0.6) is 0 Å². The fraction of sp³-hybridized carbons (Fsp3) is 0.615. The molecule has 0 spiro atoms. The van der Waals surface area contributed by atoms with Gasteiger partial charge in [-0.1, -0.05) is 58.0 Å². The number of nitrogens with one attached hydrogen (secondary N) is 3. The molecular formula is C26H42N4O6. The predicted molar refractivity (Wildman–Crippen MR) is 137 cm³/mol. The number of aliphatic hydroxyl groups is 1. The third-order valence-corrected chi connectivity index (χ3v) is 5.86. The lowest BCUT2D eigenvalue weighted by molar-refractivity contribution is -0.146. The van der Waals surface area contributed by atoms with Crippen molar-refractivity contribution in [2.75, 3.05) is 7.11 Å². The first-order valence-corrected chi connectivity index (χ1v) is 12.3. The van der Waals surface area contributed by atoms with E-state index in [4.69, 9.17) is 10.5 Å². The van der Waals surface area contributed by atoms with Gasteiger partial charge in [-0.15, -0.1) is 0 Å². The number of hydrogen-bond acceptors (Lipinski definition) is 7. The lowest BCUT2D eigenvalue weighted by atomic mass is 9.97. The van der Waals surface area contributed by atoms with Gasteiger partial charge in [0.15, 0.2) is 0 Å². The molecule has 3 amide bonds. The van der Waals surface area contributed by atoms with Crippen LogP contribution >= 0.6 is 0 Å². The first kappa shape index (κ1) is 31.1. The summed E-state index contributed by atoms with van der Waals surface area (Å²) in [6.45, 7) is 8.67. The first-order valence-electron chi connectivity index (χ1n) is 12.3. The van der Waals surface area contributed by atoms with Crippen molar-refractivity contribution in [2.24, 2.45) is 17.6 Å². The van der Waals surface area contributed by atoms with Gasteiger partial charge in [0.05, 0.1) is 25.3 Å². The molecule has 0 bridgehead atoms. The van der Waals surface area contributed by atoms with Crippen molar-refractivity contribution in [3.63, 3.8) is 0 Å². The van der Waals surface area contributed by atoms with Gasteiger partial charge in [0, 0.05) is 6.42 Å². The summed E-state index contributed by atoms with van der Waals surface area (Å²) in [4.78, 5) is 49.7. The van der Waals surface area contributed by atoms with Gasteiger partial charge < -0.3 is 31.5 Å². The quantitative estimate of drug-likeness (QED) is 0.232. The van der Waals surface area contributed by atoms with E-state index in [9.17, 15) is 24.3 Å². The van der Waals surface area contributed by atoms with Crippen LogP contribution in [0, 0.1) is 11.8 Å². The zero-order valence-corrected chi connectivity index (χ0v) is 22.1. The minimum Gasteiger partial charge on any atom is -0.467 e. The van der Waals surface area contributed by atoms with E-state index in [1.54, 1.807) is 34.6 Å². The van der Waals surface area contributed by atoms with E-state index in [2.05, 4.69) is 16.0 Å². The number of ether oxygens (including phenoxy) is 1. The minimum atomic E-state index is -1.02. The monoisotopic (exact) mass is 506 g/mol. The van der Waals surface area contributed by atoms with Crippen molar-refractivity contribution in [1.29, 1.82) is 0 Å². The van der Waals surface area contributed by atoms with Crippen LogP contribution in [-0.4, -0.2) is 66.2 Å². The van der Waals surface area contributed by atoms with Crippen molar-refractivity contribution < 1.29 is 29.0 Å². The number of rotatable bonds is 14. The molecule has 0 aliphatic heterocycles. The zero-order valence-electron chi connectivity index (χ0n) is 22.1. The molecule has 0 saturated heterocycles. The summed E-state index contributed by atoms with van der Waals surface area (Å²) in [7, 11) is 1.25. The standard InChI is InChI=1S/C26H42N4O6/c1-15(2)22(25(34)30-23(16(3)4)26(35)36-6)29-21(32)13-12-20(31)19(28-24(33)17(5)27)14-18-10-8-7-9-11-18/h7-11,15-17,19-20,22-23,31H,12-14,27H2,1-6H3,(H,28,33)(H,29,32)(H,30,34)/t17-,19-,20-,22?,23?/m0/s1. The average Bonchev–Trinajstić information content (AvgIpc) is 2.83. The van der Waals surface area contributed by atoms with Crippen LogP contribution in [0.2, 0.25) is 0 Å². The molecule has 0 heterocycles. The number of methoxy groups -OCH3 is 1. The Balaban J connectivity index is 2.81. The van der Waals surface area contributed by atoms with Gasteiger partial charge in [0.2, 0.25) is 17.7 Å². The van der Waals surface area contributed by atoms with Crippen LogP contribution in [0.4, 0.5) is 0 Å². The van der Waals surface area contributed by atoms with Crippen LogP contribution in [0.3, 0.4) is 0 Å². The molecule has 0 saturated carbocycles. The summed E-state index contributed by atoms with van der Waals surface area (Å²) >= 11 is 0. The van der Waals surface area contributed by atoms with Crippen molar-refractivity contribution in [3.05, 3.63) is 35.9 Å². The summed E-state index contributed by atoms with van der Waals surface area (Å²) in [5, 5.41) is 18.9. The predicted octanol–water partition coefficient (Wildman–Crippen LogP) is 0.657. The zero-order chi connectivity index (χ0) is 27.4. The largest absolute Gasteiger partial charge is 0.467 e. The molecule has 0 aliphatic carbocycles. The third-order valence-electron chi connectivity index (χ3n) is 5.86. The average molecular weight is 507 g/mol. The second-order valence-corrected chi connectivity index (χ2v) is 9.74. The molecule has 10 nitrogen and oxygen atoms in total. The minimum absolute atomic E-state index is 0.0613. The van der Waals surface area contributed by atoms with Gasteiger partial charge in [-0.3, -0.25) is 14.4 Å². The Morgan fingerprint density at radius 2 is 1.47 bits per heavy atom. The molecule has 5 atom stereocenters. The van der Waals surface area contributed by atoms with Crippen molar-refractivity contribution in [3.8, 4) is 0 Å². The van der Waals surface area contributed by atoms with E-state index >= 15 is 0 Å². The van der Waals surface area contributed by atoms with Gasteiger partial charge in [-0.25, -0.2) is 4.79 Å². The Morgan fingerprint density at radius 3 is 1.97 bits per heavy atom. The Morgan fingerprint density at radius 1 is 0.889 bits per heavy atom. The maximum atomic E-state index is 12.8. The molecule has 2 unspecified atom stereocenters. The van der Waals surface area contributed by atoms with Crippen LogP contribution in [0.25, 0.3) is 0 Å². The topological polar surface area (TPSA) is 160 Å². The second-order valence-electron chi connectivity index (χ2n) is 9.74. The fourth-order valence-electron chi connectivity index (χ4n) is 3.59. The molecule has 0 aliphatic rings. The van der Waals surface area contributed by atoms with Gasteiger partial charge in [0.1, 0.15) is 12.1 Å². The second kappa shape index (κ2) is 15.2. The number of aliphatic hydroxyl groups excluding tert-OH is 1. The van der Waals surface area contributed by atoms with E-state index in [1.807, 2.05) is 30.3 Å². The van der Waals surface area contributed by atoms with E-state index in [0.29, 0.717) is 6.42 Å². The summed E-state index contributed by atoms with van der Waals surface area (Å²) in [5.41, 5.74) is 6.58. The molecule has 0 fully saturated rings. The van der Waals surface area contributed by atoms with Crippen LogP contribution < -0.4 is 21.7 Å². The fourth-order valence-corrected chi connectivity index (χ4v) is 3.59. The summed E-state index contributed by atoms with van der Waals surface area (Å²) < 4.78 is 4.76. The number of carbonyl (C=O) groups excluding carboxylic acids is 4. The Kier molecular flexibility index (Phi) is 13.1. The summed E-state index contributed by atoms with van der Waals surface area (Å²) in [6, 6.07) is 6.26. The third kappa shape index (κ3) is 10.3. The number of esters is 1. The van der Waals surface area contributed by atoms with Gasteiger partial charge >= 0.3 is 5.97 Å². The normalized spacial score (nSPS) is 15.4. The van der Waals surface area contributed by atoms with E-state index in [0.717, 1.165) is 5.56 Å². The molecular weight excluding hydrogens is 464 g/mol. The Bertz CT molecular complexity index is 859. The van der Waals surface area contributed by atoms with Crippen LogP contribution in [0.1, 0.15) is 53.0 Å². The highest BCUT2D eigenvalue weighted by Crippen LogP contribution is 2.12. The van der Waals surface area contributed by atoms with Crippen molar-refractivity contribution in [2.45, 2.75) is 84.2 Å². The maximum Gasteiger partial charge on any atom is 0.328 e. The molecule has 1 rings (SSSR count). The Hall–Kier alpha value is -2.98. The van der Waals surface area contributed by atoms with Crippen molar-refractivity contribution in [1.82, 2.24) is 16.0 Å². The highest BCUT2D eigenvalue weighted by Gasteiger charge is 2.31. The van der Waals surface area contributed by atoms with Gasteiger partial charge in [0.25, 0.3) is 0 Å². The van der Waals surface area contributed by atoms with Gasteiger partial charge in [-0.2, -0.15) is 0 Å². The smallest absolute Gasteiger partial charge is 0.328 e. The molecule has 202 valence electrons. The van der Waals surface area contributed by atoms with E-state index in [1.165, 1.54) is 7.11 Å². The molecule has 1 aromatic rings. The molecule has 6 N–H and O–H groups in total. The summed E-state index contributed by atoms with van der Waals surface area (Å²) in [5.74, 6) is -2.34. The summed E-state index contributed by atoms with van der Waals surface area (Å²) in [6.07, 6.45) is -0.661. The Labute approximate surface area is 213 Å². The first-order chi connectivity index (χ1) is 16.9. The molecule has 36 heavy (non-hydrogen) atoms. The van der Waals surface area contributed by atoms with Crippen molar-refractivity contribution >= 4 is 23.7 Å². The molecule has 0 radical (unpaired) electrons. The van der Waals surface area contributed by atoms with Crippen LogP contribution in [0.15, 0.2) is 30.3 Å². The van der Waals surface area contributed by atoms with Crippen LogP contribution in [-0.2, 0) is 30.3 Å². The lowest BCUT2D eigenvalue weighted by Crippen LogP contribution is -2.55. The lowest BCUT2D eigenvalue weighted by Gasteiger charge is -2.27. The number of nitrogens with two attached hydrogens (primary N) is 1. The molecule has 1 aromatic carbocycles. The highest BCUT2D eigenvalue weighted by atomic mass is 16.5. The number of carbonyl (C=O) groups is 4. The molecule has 0 aromatic heterocycles. The number of benzene rings is 1. The molecule has 10 heteroatoms. The van der Waals surface area contributed by atoms with Gasteiger partial charge in [-0.05, 0) is 37.2 Å². The highest BCUT2D eigenvalue weighted by molar-refractivity contribution is 5.91. The van der Waals surface area contributed by atoms with E-state index < -0.39 is 54.0 Å². The van der Waals surface area contributed by atoms with E-state index in [-0.39, 0.29) is 24.7 Å². The SMILES string of the molecule is COC(=O)C(NC(=O)C(NC(=O)CC[C@H](O)[C@H](Cc1ccccc1)NC(=O)[C@H](C)N)C(C)C)C(C)C.